The summed E-state index contributed by atoms with van der Waals surface area (Å²) in [6.45, 7) is 5.88. The largest absolute Gasteiger partial charge is 0.496 e. The molecule has 0 atom stereocenters. The lowest BCUT2D eigenvalue weighted by Gasteiger charge is -2.32. The first kappa shape index (κ1) is 36.1. The van der Waals surface area contributed by atoms with Crippen LogP contribution in [0.15, 0.2) is 73.3 Å². The number of carbonyl (C=O) groups excluding carboxylic acids is 3. The summed E-state index contributed by atoms with van der Waals surface area (Å²) in [7, 11) is 7.15. The second kappa shape index (κ2) is 16.1. The number of hydrogen-bond acceptors (Lipinski definition) is 8. The summed E-state index contributed by atoms with van der Waals surface area (Å²) in [5.41, 5.74) is 4.26. The van der Waals surface area contributed by atoms with Crippen LogP contribution in [0.25, 0.3) is 17.0 Å². The summed E-state index contributed by atoms with van der Waals surface area (Å²) in [4.78, 5) is 54.5. The number of aromatic nitrogens is 4. The van der Waals surface area contributed by atoms with Crippen LogP contribution in [0.4, 0.5) is 11.4 Å². The van der Waals surface area contributed by atoms with E-state index >= 15 is 0 Å². The number of fused-ring (bicyclic) bond motifs is 1. The summed E-state index contributed by atoms with van der Waals surface area (Å²) in [6.07, 6.45) is 8.19. The zero-order chi connectivity index (χ0) is 36.8. The number of likely N-dealkylation sites (N-methyl/N-ethyl adjacent to an activating group) is 1. The van der Waals surface area contributed by atoms with Gasteiger partial charge in [0.1, 0.15) is 23.3 Å². The highest BCUT2D eigenvalue weighted by Gasteiger charge is 2.23. The number of benzene rings is 3. The van der Waals surface area contributed by atoms with Crippen LogP contribution in [0.1, 0.15) is 52.0 Å². The molecule has 0 radical (unpaired) electrons. The van der Waals surface area contributed by atoms with Crippen LogP contribution in [-0.4, -0.2) is 101 Å². The Labute approximate surface area is 303 Å². The fourth-order valence-corrected chi connectivity index (χ4v) is 6.38. The third kappa shape index (κ3) is 7.94. The van der Waals surface area contributed by atoms with Crippen molar-refractivity contribution in [3.8, 4) is 17.4 Å². The Balaban J connectivity index is 1.09. The third-order valence-corrected chi connectivity index (χ3v) is 9.49. The van der Waals surface area contributed by atoms with Gasteiger partial charge in [-0.25, -0.2) is 9.97 Å². The average Bonchev–Trinajstić information content (AvgIpc) is 3.81. The van der Waals surface area contributed by atoms with Crippen molar-refractivity contribution in [1.82, 2.24) is 28.9 Å². The van der Waals surface area contributed by atoms with Crippen molar-refractivity contribution in [3.05, 3.63) is 90.0 Å². The molecule has 6 rings (SSSR count). The number of rotatable bonds is 13. The maximum Gasteiger partial charge on any atom is 0.259 e. The van der Waals surface area contributed by atoms with E-state index in [1.54, 1.807) is 54.6 Å². The van der Waals surface area contributed by atoms with Gasteiger partial charge in [0.05, 0.1) is 36.2 Å². The highest BCUT2D eigenvalue weighted by molar-refractivity contribution is 6.11. The zero-order valence-electron chi connectivity index (χ0n) is 30.5. The first-order valence-electron chi connectivity index (χ1n) is 17.6. The Bertz CT molecular complexity index is 2050. The maximum atomic E-state index is 13.8. The number of hydrogen-bond donors (Lipinski definition) is 1. The Hall–Kier alpha value is -5.69. The van der Waals surface area contributed by atoms with Crippen LogP contribution in [0.5, 0.6) is 11.5 Å². The van der Waals surface area contributed by atoms with Crippen LogP contribution in [-0.2, 0) is 11.8 Å². The summed E-state index contributed by atoms with van der Waals surface area (Å²) in [5.74, 6) is 1.06. The normalized spacial score (nSPS) is 13.3. The van der Waals surface area contributed by atoms with E-state index < -0.39 is 5.91 Å². The van der Waals surface area contributed by atoms with Gasteiger partial charge in [-0.15, -0.1) is 0 Å². The lowest BCUT2D eigenvalue weighted by Crippen LogP contribution is -2.47. The lowest BCUT2D eigenvalue weighted by molar-refractivity contribution is -0.132. The van der Waals surface area contributed by atoms with Crippen LogP contribution >= 0.6 is 0 Å². The predicted octanol–water partition coefficient (Wildman–Crippen LogP) is 5.32. The van der Waals surface area contributed by atoms with Gasteiger partial charge in [-0.2, -0.15) is 0 Å². The Kier molecular flexibility index (Phi) is 11.2. The summed E-state index contributed by atoms with van der Waals surface area (Å²) >= 11 is 0. The highest BCUT2D eigenvalue weighted by Crippen LogP contribution is 2.32. The number of methoxy groups -OCH3 is 1. The number of anilines is 2. The molecule has 272 valence electrons. The molecule has 52 heavy (non-hydrogen) atoms. The second-order valence-electron chi connectivity index (χ2n) is 13.2. The third-order valence-electron chi connectivity index (χ3n) is 9.49. The quantitative estimate of drug-likeness (QED) is 0.163. The minimum absolute atomic E-state index is 0.225. The number of para-hydroxylation sites is 1. The van der Waals surface area contributed by atoms with Gasteiger partial charge in [0.2, 0.25) is 11.9 Å². The molecule has 1 aliphatic rings. The molecule has 0 unspecified atom stereocenters. The number of aryl methyl sites for hydroxylation is 2. The number of carbonyl (C=O) groups is 3. The molecular formula is C39H46N8O5. The van der Waals surface area contributed by atoms with E-state index in [0.717, 1.165) is 56.5 Å². The molecule has 3 amide bonds. The molecule has 2 aromatic heterocycles. The van der Waals surface area contributed by atoms with Crippen molar-refractivity contribution in [2.75, 3.05) is 64.2 Å². The molecule has 1 N–H and O–H groups in total. The van der Waals surface area contributed by atoms with E-state index in [1.807, 2.05) is 53.8 Å². The van der Waals surface area contributed by atoms with Crippen molar-refractivity contribution in [2.24, 2.45) is 7.05 Å². The Morgan fingerprint density at radius 1 is 0.942 bits per heavy atom. The van der Waals surface area contributed by atoms with Crippen molar-refractivity contribution in [2.45, 2.75) is 32.6 Å². The summed E-state index contributed by atoms with van der Waals surface area (Å²) in [6, 6.07) is 16.1. The highest BCUT2D eigenvalue weighted by atomic mass is 16.5. The fourth-order valence-electron chi connectivity index (χ4n) is 6.38. The maximum absolute atomic E-state index is 13.8. The van der Waals surface area contributed by atoms with E-state index in [1.165, 1.54) is 12.0 Å². The van der Waals surface area contributed by atoms with Crippen LogP contribution in [0, 0.1) is 6.92 Å². The molecule has 0 aliphatic carbocycles. The summed E-state index contributed by atoms with van der Waals surface area (Å²) < 4.78 is 15.5. The molecule has 5 aromatic rings. The molecule has 3 aromatic carbocycles. The lowest BCUT2D eigenvalue weighted by atomic mass is 10.1. The monoisotopic (exact) mass is 706 g/mol. The van der Waals surface area contributed by atoms with E-state index in [9.17, 15) is 14.4 Å². The zero-order valence-corrected chi connectivity index (χ0v) is 30.5. The van der Waals surface area contributed by atoms with Crippen molar-refractivity contribution in [1.29, 1.82) is 0 Å². The molecule has 1 fully saturated rings. The number of amides is 3. The number of piperazine rings is 1. The van der Waals surface area contributed by atoms with Gasteiger partial charge >= 0.3 is 0 Å². The minimum Gasteiger partial charge on any atom is -0.496 e. The van der Waals surface area contributed by atoms with Gasteiger partial charge in [0.15, 0.2) is 0 Å². The van der Waals surface area contributed by atoms with Gasteiger partial charge < -0.3 is 34.1 Å². The smallest absolute Gasteiger partial charge is 0.259 e. The van der Waals surface area contributed by atoms with Gasteiger partial charge in [0.25, 0.3) is 11.8 Å². The number of unbranched alkanes of at least 4 members (excludes halogenated alkanes) is 2. The van der Waals surface area contributed by atoms with Gasteiger partial charge in [-0.3, -0.25) is 19.0 Å². The van der Waals surface area contributed by atoms with Gasteiger partial charge in [-0.05, 0) is 81.3 Å². The molecule has 0 bridgehead atoms. The van der Waals surface area contributed by atoms with Crippen LogP contribution in [0.2, 0.25) is 0 Å². The minimum atomic E-state index is -0.399. The van der Waals surface area contributed by atoms with E-state index in [-0.39, 0.29) is 23.1 Å². The molecule has 13 nitrogen and oxygen atoms in total. The molecule has 3 heterocycles. The molecular weight excluding hydrogens is 660 g/mol. The number of ether oxygens (including phenoxy) is 2. The number of nitrogens with one attached hydrogen (secondary N) is 1. The van der Waals surface area contributed by atoms with Crippen molar-refractivity contribution in [3.63, 3.8) is 0 Å². The molecule has 1 saturated heterocycles. The van der Waals surface area contributed by atoms with E-state index in [2.05, 4.69) is 22.2 Å². The van der Waals surface area contributed by atoms with Crippen LogP contribution in [0.3, 0.4) is 0 Å². The van der Waals surface area contributed by atoms with Gasteiger partial charge in [-0.1, -0.05) is 12.1 Å². The van der Waals surface area contributed by atoms with Crippen LogP contribution < -0.4 is 19.7 Å². The molecule has 0 spiro atoms. The second-order valence-corrected chi connectivity index (χ2v) is 13.2. The van der Waals surface area contributed by atoms with Crippen molar-refractivity contribution >= 4 is 40.1 Å². The van der Waals surface area contributed by atoms with E-state index in [0.29, 0.717) is 47.2 Å². The SMILES string of the molecule is COc1cc(C(=O)N(C)c2ccc(C)cc2OCCCCCC(=O)N2CCN(C)CC2)ccc1C(=O)Nc1cccc2c1nc(-n1ccnc1)n2C. The first-order valence-corrected chi connectivity index (χ1v) is 17.6. The van der Waals surface area contributed by atoms with E-state index in [4.69, 9.17) is 14.5 Å². The standard InChI is InChI=1S/C39H46N8O5/c1-27-13-16-31(34(24-27)52-23-8-6-7-12-35(48)46-21-19-43(2)20-22-46)44(3)38(50)28-14-15-29(33(25-28)51-5)37(49)41-30-10-9-11-32-36(30)42-39(45(32)4)47-18-17-40-26-47/h9-11,13-18,24-26H,6-8,12,19-23H2,1-5H3,(H,41,49). The number of nitrogens with zero attached hydrogens (tertiary/aromatic N) is 7. The molecule has 1 aliphatic heterocycles. The Morgan fingerprint density at radius 2 is 1.75 bits per heavy atom. The van der Waals surface area contributed by atoms with Crippen molar-refractivity contribution < 1.29 is 23.9 Å². The summed E-state index contributed by atoms with van der Waals surface area (Å²) in [5, 5.41) is 2.97. The topological polar surface area (TPSA) is 127 Å². The average molecular weight is 707 g/mol. The number of imidazole rings is 2. The first-order chi connectivity index (χ1) is 25.1. The Morgan fingerprint density at radius 3 is 2.50 bits per heavy atom. The fraction of sp³-hybridized carbons (Fsp3) is 0.359. The molecule has 0 saturated carbocycles. The predicted molar refractivity (Wildman–Crippen MR) is 201 cm³/mol. The van der Waals surface area contributed by atoms with Gasteiger partial charge in [0, 0.05) is 64.7 Å². The molecule has 13 heteroatoms.